The molecule has 0 heterocycles. The van der Waals surface area contributed by atoms with Crippen molar-refractivity contribution < 1.29 is 13.9 Å². The predicted molar refractivity (Wildman–Crippen MR) is 81.0 cm³/mol. The van der Waals surface area contributed by atoms with Crippen molar-refractivity contribution in [2.75, 3.05) is 5.32 Å². The molecular weight excluding hydrogens is 276 g/mol. The molecule has 0 aliphatic carbocycles. The normalized spacial score (nSPS) is 10.1. The molecule has 1 aromatic rings. The Hall–Kier alpha value is -1.53. The molecule has 20 heavy (non-hydrogen) atoms. The molecule has 0 aliphatic heterocycles. The van der Waals surface area contributed by atoms with Gasteiger partial charge in [0, 0.05) is 31.4 Å². The number of rotatable bonds is 9. The number of nitrogens with one attached hydrogen (secondary N) is 2. The first-order valence-electron chi connectivity index (χ1n) is 6.66. The average Bonchev–Trinajstić information content (AvgIpc) is 2.44. The van der Waals surface area contributed by atoms with E-state index in [1.807, 2.05) is 30.3 Å². The molecule has 2 N–H and O–H groups in total. The highest BCUT2D eigenvalue weighted by molar-refractivity contribution is 7.75. The molecule has 0 fully saturated rings. The maximum Gasteiger partial charge on any atom is 0.244 e. The van der Waals surface area contributed by atoms with E-state index in [0.29, 0.717) is 12.8 Å². The van der Waals surface area contributed by atoms with Gasteiger partial charge in [0.2, 0.25) is 11.8 Å². The van der Waals surface area contributed by atoms with Crippen molar-refractivity contribution in [3.05, 3.63) is 30.3 Å². The average molecular weight is 296 g/mol. The van der Waals surface area contributed by atoms with Crippen molar-refractivity contribution in [2.24, 2.45) is 0 Å². The van der Waals surface area contributed by atoms with Gasteiger partial charge in [0.15, 0.2) is 0 Å². The van der Waals surface area contributed by atoms with Crippen LogP contribution >= 0.6 is 12.9 Å². The molecule has 6 heteroatoms. The fraction of sp³-hybridized carbons (Fsp3) is 0.429. The molecule has 0 spiro atoms. The van der Waals surface area contributed by atoms with Crippen LogP contribution in [0.2, 0.25) is 0 Å². The van der Waals surface area contributed by atoms with Gasteiger partial charge < -0.3 is 5.32 Å². The summed E-state index contributed by atoms with van der Waals surface area (Å²) in [5.41, 5.74) is 2.96. The second kappa shape index (κ2) is 10.3. The lowest BCUT2D eigenvalue weighted by molar-refractivity contribution is -0.127. The number of hydroxylamine groups is 1. The third-order valence-corrected chi connectivity index (χ3v) is 2.87. The van der Waals surface area contributed by atoms with Crippen molar-refractivity contribution in [2.45, 2.75) is 38.5 Å². The molecule has 1 rings (SSSR count). The number of unbranched alkanes of at least 4 members (excludes halogenated alkanes) is 3. The fourth-order valence-electron chi connectivity index (χ4n) is 1.77. The Kier molecular flexibility index (Phi) is 8.49. The standard InChI is InChI=1S/C14H20N2O3S/c17-13(15-12-8-4-3-5-9-12)10-6-1-2-7-11-14(18)16-19-20/h3-5,8-9,20H,1-2,6-7,10-11H2,(H,15,17)(H,16,18). The highest BCUT2D eigenvalue weighted by Crippen LogP contribution is 2.09. The van der Waals surface area contributed by atoms with E-state index in [1.54, 1.807) is 0 Å². The molecule has 2 amide bonds. The van der Waals surface area contributed by atoms with Gasteiger partial charge in [-0.25, -0.2) is 9.76 Å². The Bertz CT molecular complexity index is 412. The van der Waals surface area contributed by atoms with Crippen LogP contribution in [-0.4, -0.2) is 11.8 Å². The largest absolute Gasteiger partial charge is 0.326 e. The van der Waals surface area contributed by atoms with Gasteiger partial charge in [-0.1, -0.05) is 31.0 Å². The lowest BCUT2D eigenvalue weighted by Gasteiger charge is -2.05. The molecular formula is C14H20N2O3S. The highest BCUT2D eigenvalue weighted by atomic mass is 32.1. The van der Waals surface area contributed by atoms with E-state index in [4.69, 9.17) is 0 Å². The summed E-state index contributed by atoms with van der Waals surface area (Å²) in [6.07, 6.45) is 4.36. The first kappa shape index (κ1) is 16.5. The van der Waals surface area contributed by atoms with Crippen LogP contribution in [0.1, 0.15) is 38.5 Å². The Labute approximate surface area is 124 Å². The zero-order valence-electron chi connectivity index (χ0n) is 11.3. The first-order valence-corrected chi connectivity index (χ1v) is 7.03. The molecule has 0 saturated heterocycles. The van der Waals surface area contributed by atoms with E-state index < -0.39 is 0 Å². The maximum atomic E-state index is 11.6. The SMILES string of the molecule is O=C(CCCCCCC(=O)Nc1ccccc1)NOS. The van der Waals surface area contributed by atoms with Crippen LogP contribution < -0.4 is 10.8 Å². The number of benzene rings is 1. The minimum atomic E-state index is -0.179. The number of carbonyl (C=O) groups is 2. The minimum absolute atomic E-state index is 0.0254. The summed E-state index contributed by atoms with van der Waals surface area (Å²) >= 11 is 3.43. The maximum absolute atomic E-state index is 11.6. The van der Waals surface area contributed by atoms with Gasteiger partial charge >= 0.3 is 0 Å². The summed E-state index contributed by atoms with van der Waals surface area (Å²) in [6, 6.07) is 9.40. The smallest absolute Gasteiger partial charge is 0.244 e. The van der Waals surface area contributed by atoms with Gasteiger partial charge in [0.25, 0.3) is 0 Å². The molecule has 0 atom stereocenters. The zero-order valence-corrected chi connectivity index (χ0v) is 12.2. The molecule has 0 radical (unpaired) electrons. The third kappa shape index (κ3) is 7.81. The fourth-order valence-corrected chi connectivity index (χ4v) is 1.87. The number of para-hydroxylation sites is 1. The van der Waals surface area contributed by atoms with E-state index >= 15 is 0 Å². The Morgan fingerprint density at radius 3 is 2.15 bits per heavy atom. The zero-order chi connectivity index (χ0) is 14.6. The van der Waals surface area contributed by atoms with Crippen LogP contribution in [0.15, 0.2) is 30.3 Å². The Morgan fingerprint density at radius 2 is 1.55 bits per heavy atom. The molecule has 0 unspecified atom stereocenters. The monoisotopic (exact) mass is 296 g/mol. The molecule has 0 aromatic heterocycles. The van der Waals surface area contributed by atoms with Gasteiger partial charge in [0.05, 0.1) is 0 Å². The van der Waals surface area contributed by atoms with Crippen LogP contribution in [0, 0.1) is 0 Å². The predicted octanol–water partition coefficient (Wildman–Crippen LogP) is 2.86. The van der Waals surface area contributed by atoms with E-state index in [2.05, 4.69) is 28.0 Å². The van der Waals surface area contributed by atoms with Gasteiger partial charge in [-0.2, -0.15) is 0 Å². The van der Waals surface area contributed by atoms with Gasteiger partial charge in [-0.3, -0.25) is 9.59 Å². The lowest BCUT2D eigenvalue weighted by atomic mass is 10.1. The van der Waals surface area contributed by atoms with E-state index in [0.717, 1.165) is 31.4 Å². The highest BCUT2D eigenvalue weighted by Gasteiger charge is 2.03. The summed E-state index contributed by atoms with van der Waals surface area (Å²) in [7, 11) is 0. The van der Waals surface area contributed by atoms with Crippen LogP contribution in [0.25, 0.3) is 0 Å². The minimum Gasteiger partial charge on any atom is -0.326 e. The van der Waals surface area contributed by atoms with Gasteiger partial charge in [-0.05, 0) is 25.0 Å². The summed E-state index contributed by atoms with van der Waals surface area (Å²) in [5.74, 6) is -0.153. The molecule has 0 bridgehead atoms. The summed E-state index contributed by atoms with van der Waals surface area (Å²) in [6.45, 7) is 0. The number of thiol groups is 1. The number of hydrogen-bond donors (Lipinski definition) is 3. The van der Waals surface area contributed by atoms with Crippen molar-refractivity contribution in [3.8, 4) is 0 Å². The van der Waals surface area contributed by atoms with Gasteiger partial charge in [0.1, 0.15) is 0 Å². The molecule has 0 aliphatic rings. The van der Waals surface area contributed by atoms with Crippen molar-refractivity contribution >= 4 is 30.4 Å². The number of carbonyl (C=O) groups excluding carboxylic acids is 2. The first-order chi connectivity index (χ1) is 9.72. The quantitative estimate of drug-likeness (QED) is 0.284. The third-order valence-electron chi connectivity index (χ3n) is 2.77. The van der Waals surface area contributed by atoms with Crippen LogP contribution in [0.5, 0.6) is 0 Å². The van der Waals surface area contributed by atoms with Gasteiger partial charge in [-0.15, -0.1) is 0 Å². The summed E-state index contributed by atoms with van der Waals surface area (Å²) < 4.78 is 4.21. The number of amides is 2. The summed E-state index contributed by atoms with van der Waals surface area (Å²) in [5, 5.41) is 2.84. The Balaban J connectivity index is 2.01. The Morgan fingerprint density at radius 1 is 0.950 bits per heavy atom. The molecule has 5 nitrogen and oxygen atoms in total. The number of hydrogen-bond acceptors (Lipinski definition) is 4. The summed E-state index contributed by atoms with van der Waals surface area (Å²) in [4.78, 5) is 22.7. The molecule has 110 valence electrons. The van der Waals surface area contributed by atoms with Crippen molar-refractivity contribution in [3.63, 3.8) is 0 Å². The van der Waals surface area contributed by atoms with Crippen LogP contribution in [0.3, 0.4) is 0 Å². The van der Waals surface area contributed by atoms with E-state index in [9.17, 15) is 9.59 Å². The second-order valence-corrected chi connectivity index (χ2v) is 4.63. The number of anilines is 1. The van der Waals surface area contributed by atoms with E-state index in [1.165, 1.54) is 0 Å². The van der Waals surface area contributed by atoms with Crippen LogP contribution in [-0.2, 0) is 13.9 Å². The lowest BCUT2D eigenvalue weighted by Crippen LogP contribution is -2.19. The van der Waals surface area contributed by atoms with Crippen molar-refractivity contribution in [1.29, 1.82) is 0 Å². The molecule has 1 aromatic carbocycles. The van der Waals surface area contributed by atoms with Crippen molar-refractivity contribution in [1.82, 2.24) is 5.48 Å². The molecule has 0 saturated carbocycles. The van der Waals surface area contributed by atoms with Crippen LogP contribution in [0.4, 0.5) is 5.69 Å². The second-order valence-electron chi connectivity index (χ2n) is 4.44. The topological polar surface area (TPSA) is 67.4 Å². The van der Waals surface area contributed by atoms with E-state index in [-0.39, 0.29) is 11.8 Å².